The minimum absolute atomic E-state index is 0.0696. The number of alkyl halides is 1. The molecule has 0 radical (unpaired) electrons. The fourth-order valence-electron chi connectivity index (χ4n) is 4.19. The molecule has 1 aromatic rings. The Morgan fingerprint density at radius 2 is 2.20 bits per heavy atom. The quantitative estimate of drug-likeness (QED) is 0.804. The van der Waals surface area contributed by atoms with Crippen LogP contribution in [0.1, 0.15) is 37.7 Å². The molecule has 2 heterocycles. The van der Waals surface area contributed by atoms with Gasteiger partial charge in [0.15, 0.2) is 11.5 Å². The largest absolute Gasteiger partial charge is 0.493 e. The topological polar surface area (TPSA) is 60.1 Å². The molecule has 0 unspecified atom stereocenters. The van der Waals surface area contributed by atoms with Gasteiger partial charge in [0.25, 0.3) is 0 Å². The van der Waals surface area contributed by atoms with Crippen LogP contribution in [-0.4, -0.2) is 50.3 Å². The summed E-state index contributed by atoms with van der Waals surface area (Å²) in [5, 5.41) is 0. The zero-order chi connectivity index (χ0) is 17.4. The number of rotatable bonds is 6. The molecule has 1 aliphatic carbocycles. The van der Waals surface area contributed by atoms with Gasteiger partial charge in [0, 0.05) is 25.7 Å². The number of aliphatic imine (C=N–C) groups is 1. The Morgan fingerprint density at radius 1 is 1.36 bits per heavy atom. The highest BCUT2D eigenvalue weighted by Gasteiger charge is 2.47. The van der Waals surface area contributed by atoms with Crippen LogP contribution in [0.5, 0.6) is 11.5 Å². The summed E-state index contributed by atoms with van der Waals surface area (Å²) in [6.07, 6.45) is 4.16. The van der Waals surface area contributed by atoms with Crippen molar-refractivity contribution in [1.29, 1.82) is 0 Å². The Kier molecular flexibility index (Phi) is 4.31. The molecule has 0 aromatic heterocycles. The van der Waals surface area contributed by atoms with Crippen molar-refractivity contribution in [3.63, 3.8) is 0 Å². The average molecular weight is 347 g/mol. The van der Waals surface area contributed by atoms with E-state index in [9.17, 15) is 4.39 Å². The third-order valence-corrected chi connectivity index (χ3v) is 5.83. The molecular weight excluding hydrogens is 321 g/mol. The fourth-order valence-corrected chi connectivity index (χ4v) is 4.19. The number of hydrogen-bond donors (Lipinski definition) is 1. The highest BCUT2D eigenvalue weighted by molar-refractivity contribution is 6.00. The predicted octanol–water partition coefficient (Wildman–Crippen LogP) is 2.93. The molecule has 1 aromatic carbocycles. The number of nitrogens with zero attached hydrogens (tertiary/aromatic N) is 2. The molecule has 25 heavy (non-hydrogen) atoms. The Morgan fingerprint density at radius 3 is 2.84 bits per heavy atom. The maximum atomic E-state index is 13.2. The summed E-state index contributed by atoms with van der Waals surface area (Å²) in [6.45, 7) is 2.84. The monoisotopic (exact) mass is 347 g/mol. The Balaban J connectivity index is 1.41. The van der Waals surface area contributed by atoms with Gasteiger partial charge in [0.05, 0.1) is 24.8 Å². The molecular formula is C19H26FN3O2. The maximum Gasteiger partial charge on any atom is 0.163 e. The van der Waals surface area contributed by atoms with Gasteiger partial charge in [-0.2, -0.15) is 0 Å². The number of likely N-dealkylation sites (tertiary alicyclic amines) is 1. The molecule has 0 bridgehead atoms. The second-order valence-electron chi connectivity index (χ2n) is 7.34. The van der Waals surface area contributed by atoms with Crippen molar-refractivity contribution in [1.82, 2.24) is 4.90 Å². The molecule has 2 fully saturated rings. The van der Waals surface area contributed by atoms with Gasteiger partial charge < -0.3 is 20.1 Å². The normalized spacial score (nSPS) is 24.1. The number of nitrogens with two attached hydrogens (primary N) is 1. The first-order valence-corrected chi connectivity index (χ1v) is 9.19. The Bertz CT molecular complexity index is 687. The van der Waals surface area contributed by atoms with E-state index in [0.29, 0.717) is 25.3 Å². The maximum absolute atomic E-state index is 13.2. The lowest BCUT2D eigenvalue weighted by Gasteiger charge is -2.38. The van der Waals surface area contributed by atoms with Gasteiger partial charge in [-0.25, -0.2) is 9.38 Å². The fraction of sp³-hybridized carbons (Fsp3) is 0.632. The van der Waals surface area contributed by atoms with Gasteiger partial charge >= 0.3 is 0 Å². The van der Waals surface area contributed by atoms with Crippen molar-refractivity contribution in [3.05, 3.63) is 17.7 Å². The summed E-state index contributed by atoms with van der Waals surface area (Å²) < 4.78 is 24.7. The van der Waals surface area contributed by atoms with Gasteiger partial charge in [-0.05, 0) is 37.3 Å². The first-order valence-electron chi connectivity index (χ1n) is 9.19. The van der Waals surface area contributed by atoms with Crippen LogP contribution in [0.4, 0.5) is 10.1 Å². The van der Waals surface area contributed by atoms with Gasteiger partial charge in [-0.15, -0.1) is 0 Å². The van der Waals surface area contributed by atoms with Crippen molar-refractivity contribution in [2.24, 2.45) is 10.7 Å². The molecule has 3 aliphatic rings. The zero-order valence-electron chi connectivity index (χ0n) is 14.8. The summed E-state index contributed by atoms with van der Waals surface area (Å²) >= 11 is 0. The van der Waals surface area contributed by atoms with Crippen LogP contribution >= 0.6 is 0 Å². The van der Waals surface area contributed by atoms with E-state index < -0.39 is 6.17 Å². The van der Waals surface area contributed by atoms with Crippen molar-refractivity contribution >= 4 is 11.5 Å². The number of halogens is 1. The third kappa shape index (κ3) is 2.86. The number of ether oxygens (including phenoxy) is 2. The summed E-state index contributed by atoms with van der Waals surface area (Å²) in [5.74, 6) is 2.17. The summed E-state index contributed by atoms with van der Waals surface area (Å²) in [6, 6.07) is 3.99. The van der Waals surface area contributed by atoms with Crippen LogP contribution in [0.25, 0.3) is 0 Å². The zero-order valence-corrected chi connectivity index (χ0v) is 14.8. The van der Waals surface area contributed by atoms with Gasteiger partial charge in [-0.1, -0.05) is 6.42 Å². The van der Waals surface area contributed by atoms with Crippen LogP contribution in [0, 0.1) is 0 Å². The smallest absolute Gasteiger partial charge is 0.163 e. The average Bonchev–Trinajstić information content (AvgIpc) is 3.09. The molecule has 4 rings (SSSR count). The molecule has 1 spiro atoms. The molecule has 1 saturated heterocycles. The van der Waals surface area contributed by atoms with Crippen LogP contribution in [-0.2, 0) is 5.41 Å². The summed E-state index contributed by atoms with van der Waals surface area (Å²) in [5.41, 5.74) is 8.21. The number of amidine groups is 1. The van der Waals surface area contributed by atoms with E-state index >= 15 is 0 Å². The molecule has 1 atom stereocenters. The van der Waals surface area contributed by atoms with Crippen LogP contribution < -0.4 is 15.2 Å². The Hall–Kier alpha value is -1.82. The molecule has 2 N–H and O–H groups in total. The SMILES string of the molecule is COc1cc2c(cc1OCCCN1CC[C@H](F)C1)N=C(N)C21CCC1. The molecule has 2 aliphatic heterocycles. The molecule has 5 nitrogen and oxygen atoms in total. The molecule has 6 heteroatoms. The van der Waals surface area contributed by atoms with Gasteiger partial charge in [-0.3, -0.25) is 0 Å². The van der Waals surface area contributed by atoms with Gasteiger partial charge in [0.1, 0.15) is 12.0 Å². The van der Waals surface area contributed by atoms with Crippen LogP contribution in [0.15, 0.2) is 17.1 Å². The van der Waals surface area contributed by atoms with E-state index in [0.717, 1.165) is 49.6 Å². The van der Waals surface area contributed by atoms with E-state index in [2.05, 4.69) is 9.89 Å². The second-order valence-corrected chi connectivity index (χ2v) is 7.34. The van der Waals surface area contributed by atoms with Crippen molar-refractivity contribution in [2.75, 3.05) is 33.4 Å². The lowest BCUT2D eigenvalue weighted by molar-refractivity contribution is 0.242. The molecule has 1 saturated carbocycles. The van der Waals surface area contributed by atoms with Crippen molar-refractivity contribution < 1.29 is 13.9 Å². The summed E-state index contributed by atoms with van der Waals surface area (Å²) in [7, 11) is 1.66. The third-order valence-electron chi connectivity index (χ3n) is 5.83. The van der Waals surface area contributed by atoms with Crippen molar-refractivity contribution in [3.8, 4) is 11.5 Å². The highest BCUT2D eigenvalue weighted by Crippen LogP contribution is 2.53. The first kappa shape index (κ1) is 16.6. The van der Waals surface area contributed by atoms with E-state index in [1.165, 1.54) is 12.0 Å². The first-order chi connectivity index (χ1) is 12.1. The highest BCUT2D eigenvalue weighted by atomic mass is 19.1. The van der Waals surface area contributed by atoms with E-state index in [1.807, 2.05) is 12.1 Å². The Labute approximate surface area is 148 Å². The van der Waals surface area contributed by atoms with E-state index in [4.69, 9.17) is 15.2 Å². The van der Waals surface area contributed by atoms with Crippen LogP contribution in [0.2, 0.25) is 0 Å². The van der Waals surface area contributed by atoms with Crippen molar-refractivity contribution in [2.45, 2.75) is 43.7 Å². The number of methoxy groups -OCH3 is 1. The standard InChI is InChI=1S/C19H26FN3O2/c1-24-16-10-14-15(22-18(21)19(14)5-2-6-19)11-17(16)25-9-3-7-23-8-4-13(20)12-23/h10-11,13H,2-9,12H2,1H3,(H2,21,22)/t13-/m0/s1. The molecule has 0 amide bonds. The minimum atomic E-state index is -0.667. The predicted molar refractivity (Wildman–Crippen MR) is 95.9 cm³/mol. The van der Waals surface area contributed by atoms with E-state index in [-0.39, 0.29) is 5.41 Å². The lowest BCUT2D eigenvalue weighted by Crippen LogP contribution is -2.44. The van der Waals surface area contributed by atoms with Crippen LogP contribution in [0.3, 0.4) is 0 Å². The van der Waals surface area contributed by atoms with E-state index in [1.54, 1.807) is 7.11 Å². The molecule has 136 valence electrons. The minimum Gasteiger partial charge on any atom is -0.493 e. The number of fused-ring (bicyclic) bond motifs is 2. The lowest BCUT2D eigenvalue weighted by atomic mass is 9.64. The number of hydrogen-bond acceptors (Lipinski definition) is 5. The van der Waals surface area contributed by atoms with Gasteiger partial charge in [0.2, 0.25) is 0 Å². The second kappa shape index (κ2) is 6.48. The number of benzene rings is 1. The summed E-state index contributed by atoms with van der Waals surface area (Å²) in [4.78, 5) is 6.72.